The number of fused-ring (bicyclic) bond motifs is 1. The van der Waals surface area contributed by atoms with Gasteiger partial charge >= 0.3 is 5.97 Å². The van der Waals surface area contributed by atoms with E-state index in [0.717, 1.165) is 19.3 Å². The van der Waals surface area contributed by atoms with Crippen molar-refractivity contribution in [3.63, 3.8) is 0 Å². The highest BCUT2D eigenvalue weighted by molar-refractivity contribution is 7.90. The minimum atomic E-state index is -3.59. The molecule has 1 saturated heterocycles. The summed E-state index contributed by atoms with van der Waals surface area (Å²) in [5, 5.41) is 0. The van der Waals surface area contributed by atoms with E-state index in [9.17, 15) is 18.0 Å². The largest absolute Gasteiger partial charge is 0.456 e. The Morgan fingerprint density at radius 1 is 1.15 bits per heavy atom. The molecule has 0 radical (unpaired) electrons. The molecule has 0 atom stereocenters. The summed E-state index contributed by atoms with van der Waals surface area (Å²) in [5.74, 6) is -0.492. The number of aliphatic imine (C=N–C) groups is 1. The topological polar surface area (TPSA) is 105 Å². The van der Waals surface area contributed by atoms with E-state index in [0.29, 0.717) is 18.7 Å². The fraction of sp³-hybridized carbons (Fsp3) is 0.471. The van der Waals surface area contributed by atoms with Gasteiger partial charge in [-0.3, -0.25) is 19.3 Å². The SMILES string of the molecule is O=C(CCN=C1NS(=O)(=O)c2ccccc21)OCC(=O)N1CCCCC1. The van der Waals surface area contributed by atoms with Gasteiger partial charge in [0.2, 0.25) is 0 Å². The quantitative estimate of drug-likeness (QED) is 0.757. The van der Waals surface area contributed by atoms with Gasteiger partial charge in [0.05, 0.1) is 17.9 Å². The van der Waals surface area contributed by atoms with Crippen molar-refractivity contribution >= 4 is 27.7 Å². The number of hydrogen-bond donors (Lipinski definition) is 1. The second-order valence-electron chi connectivity index (χ2n) is 6.18. The second-order valence-corrected chi connectivity index (χ2v) is 7.83. The summed E-state index contributed by atoms with van der Waals surface area (Å²) in [5.41, 5.74) is 0.487. The van der Waals surface area contributed by atoms with Crippen LogP contribution in [0.25, 0.3) is 0 Å². The highest BCUT2D eigenvalue weighted by atomic mass is 32.2. The van der Waals surface area contributed by atoms with Crippen molar-refractivity contribution in [3.05, 3.63) is 29.8 Å². The van der Waals surface area contributed by atoms with Crippen molar-refractivity contribution < 1.29 is 22.7 Å². The van der Waals surface area contributed by atoms with Gasteiger partial charge in [0.15, 0.2) is 6.61 Å². The molecule has 1 N–H and O–H groups in total. The Labute approximate surface area is 152 Å². The predicted molar refractivity (Wildman–Crippen MR) is 94.2 cm³/mol. The van der Waals surface area contributed by atoms with Gasteiger partial charge in [-0.25, -0.2) is 8.42 Å². The molecule has 2 heterocycles. The number of hydrogen-bond acceptors (Lipinski definition) is 6. The van der Waals surface area contributed by atoms with Crippen LogP contribution >= 0.6 is 0 Å². The third-order valence-corrected chi connectivity index (χ3v) is 5.71. The van der Waals surface area contributed by atoms with Crippen LogP contribution in [0.15, 0.2) is 34.2 Å². The fourth-order valence-corrected chi connectivity index (χ4v) is 4.21. The Bertz CT molecular complexity index is 829. The lowest BCUT2D eigenvalue weighted by molar-refractivity contribution is -0.152. The molecule has 1 aromatic rings. The number of benzene rings is 1. The Kier molecular flexibility index (Phi) is 5.55. The van der Waals surface area contributed by atoms with Crippen molar-refractivity contribution in [1.29, 1.82) is 0 Å². The first kappa shape index (κ1) is 18.4. The molecule has 1 fully saturated rings. The molecule has 1 amide bonds. The molecule has 0 saturated carbocycles. The Morgan fingerprint density at radius 3 is 2.65 bits per heavy atom. The zero-order chi connectivity index (χ0) is 18.6. The molecule has 140 valence electrons. The number of likely N-dealkylation sites (tertiary alicyclic amines) is 1. The number of amidine groups is 1. The number of amides is 1. The van der Waals surface area contributed by atoms with Gasteiger partial charge in [0.1, 0.15) is 5.84 Å². The molecule has 2 aliphatic heterocycles. The molecule has 26 heavy (non-hydrogen) atoms. The second kappa shape index (κ2) is 7.86. The summed E-state index contributed by atoms with van der Waals surface area (Å²) in [6.07, 6.45) is 3.06. The number of ether oxygens (including phenoxy) is 1. The van der Waals surface area contributed by atoms with Gasteiger partial charge in [0.25, 0.3) is 15.9 Å². The lowest BCUT2D eigenvalue weighted by atomic mass is 10.1. The van der Waals surface area contributed by atoms with Crippen LogP contribution in [0.2, 0.25) is 0 Å². The van der Waals surface area contributed by atoms with Crippen LogP contribution in [0.3, 0.4) is 0 Å². The van der Waals surface area contributed by atoms with Crippen LogP contribution in [0.1, 0.15) is 31.2 Å². The predicted octanol–water partition coefficient (Wildman–Crippen LogP) is 0.671. The number of esters is 1. The molecule has 0 aromatic heterocycles. The number of nitrogens with one attached hydrogen (secondary N) is 1. The lowest BCUT2D eigenvalue weighted by Crippen LogP contribution is -2.38. The molecular weight excluding hydrogens is 358 g/mol. The van der Waals surface area contributed by atoms with Crippen molar-refractivity contribution in [2.45, 2.75) is 30.6 Å². The van der Waals surface area contributed by atoms with Gasteiger partial charge in [-0.2, -0.15) is 0 Å². The molecule has 0 aliphatic carbocycles. The Balaban J connectivity index is 1.48. The van der Waals surface area contributed by atoms with E-state index in [1.165, 1.54) is 6.07 Å². The van der Waals surface area contributed by atoms with E-state index in [1.807, 2.05) is 0 Å². The first-order valence-corrected chi connectivity index (χ1v) is 10.1. The number of sulfonamides is 1. The molecular formula is C17H21N3O5S. The average molecular weight is 379 g/mol. The van der Waals surface area contributed by atoms with Gasteiger partial charge in [0, 0.05) is 18.7 Å². The van der Waals surface area contributed by atoms with Gasteiger partial charge in [-0.05, 0) is 31.4 Å². The normalized spacial score (nSPS) is 19.7. The zero-order valence-electron chi connectivity index (χ0n) is 14.3. The first-order valence-electron chi connectivity index (χ1n) is 8.57. The van der Waals surface area contributed by atoms with Crippen molar-refractivity contribution in [1.82, 2.24) is 9.62 Å². The van der Waals surface area contributed by atoms with Crippen LogP contribution in [-0.2, 0) is 24.3 Å². The van der Waals surface area contributed by atoms with Crippen LogP contribution in [0, 0.1) is 0 Å². The van der Waals surface area contributed by atoms with Crippen molar-refractivity contribution in [2.75, 3.05) is 26.2 Å². The van der Waals surface area contributed by atoms with E-state index in [1.54, 1.807) is 23.1 Å². The van der Waals surface area contributed by atoms with Gasteiger partial charge < -0.3 is 9.64 Å². The third-order valence-electron chi connectivity index (χ3n) is 4.31. The molecule has 0 unspecified atom stereocenters. The van der Waals surface area contributed by atoms with Crippen molar-refractivity contribution in [2.24, 2.45) is 4.99 Å². The first-order chi connectivity index (χ1) is 12.5. The van der Waals surface area contributed by atoms with E-state index >= 15 is 0 Å². The molecule has 0 spiro atoms. The monoisotopic (exact) mass is 379 g/mol. The summed E-state index contributed by atoms with van der Waals surface area (Å²) >= 11 is 0. The Hall–Kier alpha value is -2.42. The lowest BCUT2D eigenvalue weighted by Gasteiger charge is -2.26. The molecule has 9 heteroatoms. The highest BCUT2D eigenvalue weighted by Gasteiger charge is 2.30. The molecule has 3 rings (SSSR count). The standard InChI is InChI=1S/C17H21N3O5S/c21-15(20-10-4-1-5-11-20)12-25-16(22)8-9-18-17-13-6-2-3-7-14(13)26(23,24)19-17/h2-3,6-7H,1,4-5,8-12H2,(H,18,19). The molecule has 2 aliphatic rings. The Morgan fingerprint density at radius 2 is 1.88 bits per heavy atom. The molecule has 0 bridgehead atoms. The maximum atomic E-state index is 12.0. The number of rotatable bonds is 5. The summed E-state index contributed by atoms with van der Waals surface area (Å²) in [7, 11) is -3.59. The van der Waals surface area contributed by atoms with Crippen LogP contribution in [-0.4, -0.2) is 57.3 Å². The minimum absolute atomic E-state index is 0.0271. The van der Waals surface area contributed by atoms with Crippen LogP contribution in [0.4, 0.5) is 0 Å². The molecule has 1 aromatic carbocycles. The summed E-state index contributed by atoms with van der Waals surface area (Å²) < 4.78 is 31.3. The van der Waals surface area contributed by atoms with Crippen LogP contribution in [0.5, 0.6) is 0 Å². The zero-order valence-corrected chi connectivity index (χ0v) is 15.1. The summed E-state index contributed by atoms with van der Waals surface area (Å²) in [6, 6.07) is 6.51. The van der Waals surface area contributed by atoms with E-state index in [2.05, 4.69) is 9.71 Å². The van der Waals surface area contributed by atoms with E-state index < -0.39 is 16.0 Å². The third kappa shape index (κ3) is 4.21. The fourth-order valence-electron chi connectivity index (χ4n) is 2.96. The number of piperidine rings is 1. The summed E-state index contributed by atoms with van der Waals surface area (Å²) in [4.78, 5) is 29.7. The van der Waals surface area contributed by atoms with Gasteiger partial charge in [-0.1, -0.05) is 12.1 Å². The summed E-state index contributed by atoms with van der Waals surface area (Å²) in [6.45, 7) is 1.24. The average Bonchev–Trinajstić information content (AvgIpc) is 2.91. The smallest absolute Gasteiger partial charge is 0.308 e. The number of nitrogens with zero attached hydrogens (tertiary/aromatic N) is 2. The van der Waals surface area contributed by atoms with Gasteiger partial charge in [-0.15, -0.1) is 0 Å². The number of carbonyl (C=O) groups is 2. The molecule has 8 nitrogen and oxygen atoms in total. The van der Waals surface area contributed by atoms with E-state index in [-0.39, 0.29) is 36.2 Å². The van der Waals surface area contributed by atoms with E-state index in [4.69, 9.17) is 4.74 Å². The van der Waals surface area contributed by atoms with Crippen molar-refractivity contribution in [3.8, 4) is 0 Å². The minimum Gasteiger partial charge on any atom is -0.456 e. The van der Waals surface area contributed by atoms with Crippen LogP contribution < -0.4 is 4.72 Å². The number of carbonyl (C=O) groups excluding carboxylic acids is 2. The maximum absolute atomic E-state index is 12.0. The maximum Gasteiger partial charge on any atom is 0.308 e. The highest BCUT2D eigenvalue weighted by Crippen LogP contribution is 2.22.